The van der Waals surface area contributed by atoms with Gasteiger partial charge in [0.05, 0.1) is 13.3 Å². The average molecular weight is 472 g/mol. The van der Waals surface area contributed by atoms with Crippen LogP contribution >= 0.6 is 0 Å². The number of ether oxygens (including phenoxy) is 2. The Morgan fingerprint density at radius 3 is 2.49 bits per heavy atom. The zero-order valence-corrected chi connectivity index (χ0v) is 19.8. The van der Waals surface area contributed by atoms with Crippen molar-refractivity contribution in [1.82, 2.24) is 15.2 Å². The first-order chi connectivity index (χ1) is 16.8. The van der Waals surface area contributed by atoms with Crippen molar-refractivity contribution in [2.24, 2.45) is 5.10 Å². The molecule has 9 nitrogen and oxygen atoms in total. The van der Waals surface area contributed by atoms with Crippen molar-refractivity contribution < 1.29 is 14.3 Å². The first-order valence-electron chi connectivity index (χ1n) is 10.9. The zero-order valence-electron chi connectivity index (χ0n) is 19.8. The Morgan fingerprint density at radius 1 is 1.00 bits per heavy atom. The molecule has 0 atom stereocenters. The van der Waals surface area contributed by atoms with E-state index >= 15 is 0 Å². The predicted octanol–water partition coefficient (Wildman–Crippen LogP) is 4.29. The largest absolute Gasteiger partial charge is 0.496 e. The van der Waals surface area contributed by atoms with Gasteiger partial charge in [-0.2, -0.15) is 5.10 Å². The topological polar surface area (TPSA) is 119 Å². The van der Waals surface area contributed by atoms with E-state index in [2.05, 4.69) is 25.7 Å². The summed E-state index contributed by atoms with van der Waals surface area (Å²) in [6.45, 7) is 5.64. The van der Waals surface area contributed by atoms with E-state index in [1.807, 2.05) is 51.1 Å². The van der Waals surface area contributed by atoms with Crippen LogP contribution < -0.4 is 20.5 Å². The smallest absolute Gasteiger partial charge is 0.347 e. The van der Waals surface area contributed by atoms with Crippen LogP contribution in [0.5, 0.6) is 11.5 Å². The molecule has 3 aromatic carbocycles. The van der Waals surface area contributed by atoms with Gasteiger partial charge in [0.2, 0.25) is 5.95 Å². The Balaban J connectivity index is 1.65. The number of aromatic amines is 1. The summed E-state index contributed by atoms with van der Waals surface area (Å²) in [6.07, 6.45) is 1.50. The molecule has 0 aliphatic carbocycles. The van der Waals surface area contributed by atoms with Gasteiger partial charge in [0, 0.05) is 11.0 Å². The van der Waals surface area contributed by atoms with Crippen molar-refractivity contribution in [2.45, 2.75) is 26.2 Å². The second-order valence-electron chi connectivity index (χ2n) is 8.76. The maximum absolute atomic E-state index is 12.9. The van der Waals surface area contributed by atoms with Crippen LogP contribution in [0.2, 0.25) is 0 Å². The number of anilines is 1. The van der Waals surface area contributed by atoms with Crippen molar-refractivity contribution in [3.63, 3.8) is 0 Å². The summed E-state index contributed by atoms with van der Waals surface area (Å²) < 4.78 is 11.0. The molecule has 2 N–H and O–H groups in total. The summed E-state index contributed by atoms with van der Waals surface area (Å²) in [6, 6.07) is 18.0. The fraction of sp³-hybridized carbons (Fsp3) is 0.192. The van der Waals surface area contributed by atoms with Crippen LogP contribution in [0.3, 0.4) is 0 Å². The molecule has 4 aromatic rings. The molecule has 0 unspecified atom stereocenters. The van der Waals surface area contributed by atoms with Crippen molar-refractivity contribution in [3.05, 3.63) is 87.8 Å². The molecule has 4 rings (SSSR count). The zero-order chi connectivity index (χ0) is 25.0. The number of hydrazone groups is 1. The molecule has 9 heteroatoms. The van der Waals surface area contributed by atoms with Crippen molar-refractivity contribution in [1.29, 1.82) is 0 Å². The quantitative estimate of drug-likeness (QED) is 0.186. The van der Waals surface area contributed by atoms with Crippen LogP contribution in [-0.2, 0) is 5.41 Å². The molecule has 35 heavy (non-hydrogen) atoms. The third-order valence-corrected chi connectivity index (χ3v) is 5.23. The summed E-state index contributed by atoms with van der Waals surface area (Å²) in [4.78, 5) is 27.9. The molecule has 0 bridgehead atoms. The van der Waals surface area contributed by atoms with Crippen LogP contribution in [0.15, 0.2) is 70.6 Å². The Kier molecular flexibility index (Phi) is 6.59. The fourth-order valence-electron chi connectivity index (χ4n) is 3.50. The van der Waals surface area contributed by atoms with Gasteiger partial charge in [-0.15, -0.1) is 10.2 Å². The molecule has 0 amide bonds. The van der Waals surface area contributed by atoms with Gasteiger partial charge in [-0.3, -0.25) is 9.78 Å². The highest BCUT2D eigenvalue weighted by molar-refractivity contribution is 6.04. The van der Waals surface area contributed by atoms with E-state index < -0.39 is 11.4 Å². The molecule has 0 radical (unpaired) electrons. The third kappa shape index (κ3) is 5.19. The van der Waals surface area contributed by atoms with Gasteiger partial charge >= 0.3 is 5.97 Å². The molecular weight excluding hydrogens is 446 g/mol. The van der Waals surface area contributed by atoms with Gasteiger partial charge < -0.3 is 9.47 Å². The number of carbonyl (C=O) groups is 1. The maximum Gasteiger partial charge on any atom is 0.347 e. The van der Waals surface area contributed by atoms with Crippen LogP contribution in [-0.4, -0.2) is 34.5 Å². The summed E-state index contributed by atoms with van der Waals surface area (Å²) in [7, 11) is 1.49. The summed E-state index contributed by atoms with van der Waals surface area (Å²) in [5.74, 6) is 0.254. The number of nitrogens with one attached hydrogen (secondary N) is 2. The number of fused-ring (bicyclic) bond motifs is 1. The monoisotopic (exact) mass is 471 g/mol. The Bertz CT molecular complexity index is 1470. The number of nitrogens with zero attached hydrogens (tertiary/aromatic N) is 3. The SMILES string of the molecule is COc1ccccc1C(=O)Oc1ccc2ccccc2c1C=NNc1nnc(C(C)(C)C)c(=O)[nH]1. The fourth-order valence-corrected chi connectivity index (χ4v) is 3.50. The van der Waals surface area contributed by atoms with E-state index in [1.165, 1.54) is 13.3 Å². The van der Waals surface area contributed by atoms with E-state index in [0.717, 1.165) is 10.8 Å². The van der Waals surface area contributed by atoms with E-state index in [9.17, 15) is 9.59 Å². The van der Waals surface area contributed by atoms with E-state index in [1.54, 1.807) is 30.3 Å². The molecule has 0 spiro atoms. The Morgan fingerprint density at radius 2 is 1.74 bits per heavy atom. The van der Waals surface area contributed by atoms with Gasteiger partial charge in [0.1, 0.15) is 22.8 Å². The van der Waals surface area contributed by atoms with Gasteiger partial charge in [-0.1, -0.05) is 63.2 Å². The molecule has 1 heterocycles. The van der Waals surface area contributed by atoms with Crippen molar-refractivity contribution in [3.8, 4) is 11.5 Å². The Hall–Kier alpha value is -4.53. The third-order valence-electron chi connectivity index (χ3n) is 5.23. The maximum atomic E-state index is 12.9. The van der Waals surface area contributed by atoms with E-state index in [0.29, 0.717) is 28.3 Å². The normalized spacial score (nSPS) is 11.5. The number of H-pyrrole nitrogens is 1. The number of benzene rings is 3. The molecule has 0 aliphatic rings. The minimum Gasteiger partial charge on any atom is -0.496 e. The molecule has 0 saturated heterocycles. The number of carbonyl (C=O) groups excluding carboxylic acids is 1. The van der Waals surface area contributed by atoms with Gasteiger partial charge in [0.25, 0.3) is 5.56 Å². The average Bonchev–Trinajstić information content (AvgIpc) is 2.84. The second-order valence-corrected chi connectivity index (χ2v) is 8.76. The molecule has 0 fully saturated rings. The summed E-state index contributed by atoms with van der Waals surface area (Å²) in [5, 5.41) is 14.0. The first-order valence-corrected chi connectivity index (χ1v) is 10.9. The minimum absolute atomic E-state index is 0.0899. The van der Waals surface area contributed by atoms with E-state index in [-0.39, 0.29) is 11.5 Å². The number of para-hydroxylation sites is 1. The lowest BCUT2D eigenvalue weighted by atomic mass is 9.93. The summed E-state index contributed by atoms with van der Waals surface area (Å²) >= 11 is 0. The number of hydrogen-bond acceptors (Lipinski definition) is 8. The minimum atomic E-state index is -0.562. The highest BCUT2D eigenvalue weighted by atomic mass is 16.5. The van der Waals surface area contributed by atoms with Crippen LogP contribution in [0.25, 0.3) is 10.8 Å². The lowest BCUT2D eigenvalue weighted by Gasteiger charge is -2.15. The highest BCUT2D eigenvalue weighted by Crippen LogP contribution is 2.28. The molecular formula is C26H25N5O4. The van der Waals surface area contributed by atoms with Gasteiger partial charge in [-0.25, -0.2) is 10.2 Å². The number of hydrogen-bond donors (Lipinski definition) is 2. The number of esters is 1. The number of aromatic nitrogens is 3. The van der Waals surface area contributed by atoms with Crippen LogP contribution in [0.1, 0.15) is 42.4 Å². The van der Waals surface area contributed by atoms with Crippen molar-refractivity contribution in [2.75, 3.05) is 12.5 Å². The number of rotatable bonds is 6. The van der Waals surface area contributed by atoms with Crippen LogP contribution in [0.4, 0.5) is 5.95 Å². The molecule has 1 aromatic heterocycles. The Labute approximate surface area is 201 Å². The summed E-state index contributed by atoms with van der Waals surface area (Å²) in [5.41, 5.74) is 3.10. The highest BCUT2D eigenvalue weighted by Gasteiger charge is 2.21. The first kappa shape index (κ1) is 23.6. The van der Waals surface area contributed by atoms with Crippen molar-refractivity contribution >= 4 is 28.9 Å². The number of methoxy groups -OCH3 is 1. The second kappa shape index (κ2) is 9.76. The lowest BCUT2D eigenvalue weighted by Crippen LogP contribution is -2.28. The van der Waals surface area contributed by atoms with Crippen LogP contribution in [0, 0.1) is 0 Å². The lowest BCUT2D eigenvalue weighted by molar-refractivity contribution is 0.0731. The van der Waals surface area contributed by atoms with Gasteiger partial charge in [0.15, 0.2) is 0 Å². The molecule has 0 saturated carbocycles. The predicted molar refractivity (Wildman–Crippen MR) is 134 cm³/mol. The molecule has 178 valence electrons. The van der Waals surface area contributed by atoms with Gasteiger partial charge in [-0.05, 0) is 29.0 Å². The molecule has 0 aliphatic heterocycles. The standard InChI is InChI=1S/C26H25N5O4/c1-26(2,3)22-23(32)28-25(31-29-22)30-27-15-19-17-10-6-5-9-16(17)13-14-21(19)35-24(33)18-11-7-8-12-20(18)34-4/h5-15H,1-4H3,(H2,28,30,31,32). The van der Waals surface area contributed by atoms with E-state index in [4.69, 9.17) is 9.47 Å².